The summed E-state index contributed by atoms with van der Waals surface area (Å²) in [5.41, 5.74) is 12.8. The number of H-pyrrole nitrogens is 1. The van der Waals surface area contributed by atoms with Crippen LogP contribution in [0.2, 0.25) is 0 Å². The van der Waals surface area contributed by atoms with Gasteiger partial charge in [0.15, 0.2) is 0 Å². The number of hydrogen-bond donors (Lipinski definition) is 4. The number of aromatic amines is 1. The highest BCUT2D eigenvalue weighted by Gasteiger charge is 2.31. The van der Waals surface area contributed by atoms with Gasteiger partial charge in [0.2, 0.25) is 5.95 Å². The lowest BCUT2D eigenvalue weighted by molar-refractivity contribution is 0.214. The summed E-state index contributed by atoms with van der Waals surface area (Å²) in [6.45, 7) is 5.08. The zero-order valence-corrected chi connectivity index (χ0v) is 15.0. The van der Waals surface area contributed by atoms with Gasteiger partial charge in [-0.3, -0.25) is 20.1 Å². The maximum absolute atomic E-state index is 13.6. The fraction of sp³-hybridized carbons (Fsp3) is 0.444. The molecule has 27 heavy (non-hydrogen) atoms. The molecule has 0 saturated carbocycles. The third-order valence-corrected chi connectivity index (χ3v) is 5.24. The van der Waals surface area contributed by atoms with Crippen molar-refractivity contribution in [2.45, 2.75) is 6.04 Å². The van der Waals surface area contributed by atoms with Gasteiger partial charge in [0, 0.05) is 51.3 Å². The lowest BCUT2D eigenvalue weighted by atomic mass is 9.94. The molecule has 2 atom stereocenters. The number of piperazine rings is 1. The molecule has 2 aliphatic rings. The van der Waals surface area contributed by atoms with Crippen molar-refractivity contribution in [1.29, 1.82) is 0 Å². The van der Waals surface area contributed by atoms with Crippen LogP contribution in [0, 0.1) is 11.7 Å². The Bertz CT molecular complexity index is 850. The Morgan fingerprint density at radius 2 is 2.04 bits per heavy atom. The highest BCUT2D eigenvalue weighted by Crippen LogP contribution is 2.26. The van der Waals surface area contributed by atoms with E-state index < -0.39 is 0 Å². The Hall–Kier alpha value is -2.49. The summed E-state index contributed by atoms with van der Waals surface area (Å²) < 4.78 is 13.6. The minimum absolute atomic E-state index is 0.0906. The first kappa shape index (κ1) is 17.9. The molecule has 0 amide bonds. The van der Waals surface area contributed by atoms with Gasteiger partial charge >= 0.3 is 0 Å². The molecule has 0 spiro atoms. The van der Waals surface area contributed by atoms with E-state index in [1.54, 1.807) is 12.1 Å². The number of nitrogens with one attached hydrogen (secondary N) is 3. The fourth-order valence-corrected chi connectivity index (χ4v) is 3.88. The van der Waals surface area contributed by atoms with E-state index in [2.05, 4.69) is 30.6 Å². The Balaban J connectivity index is 1.36. The van der Waals surface area contributed by atoms with Crippen molar-refractivity contribution in [2.75, 3.05) is 49.9 Å². The van der Waals surface area contributed by atoms with Crippen molar-refractivity contribution in [3.63, 3.8) is 0 Å². The molecular formula is C18H24FN7O. The zero-order chi connectivity index (χ0) is 18.8. The molecule has 8 nitrogen and oxygen atoms in total. The summed E-state index contributed by atoms with van der Waals surface area (Å²) in [5, 5.41) is 0. The second-order valence-electron chi connectivity index (χ2n) is 7.09. The van der Waals surface area contributed by atoms with E-state index in [4.69, 9.17) is 5.73 Å². The number of halogens is 1. The minimum atomic E-state index is -0.235. The van der Waals surface area contributed by atoms with Crippen LogP contribution in [0.1, 0.15) is 11.6 Å². The molecule has 1 aromatic heterocycles. The van der Waals surface area contributed by atoms with E-state index in [1.807, 2.05) is 6.07 Å². The molecule has 2 saturated heterocycles. The smallest absolute Gasteiger partial charge is 0.254 e. The molecule has 4 rings (SSSR count). The van der Waals surface area contributed by atoms with Crippen molar-refractivity contribution < 1.29 is 4.39 Å². The first-order valence-corrected chi connectivity index (χ1v) is 9.16. The molecule has 1 aromatic carbocycles. The topological polar surface area (TPSA) is 102 Å². The van der Waals surface area contributed by atoms with Crippen LogP contribution in [0.4, 0.5) is 16.2 Å². The van der Waals surface area contributed by atoms with Crippen LogP contribution in [-0.2, 0) is 0 Å². The first-order chi connectivity index (χ1) is 13.1. The standard InChI is InChI=1S/C18H24FN7O/c19-14-3-1-2-12(8-14)17-13(10-21-24-17)11-25-4-6-26(7-5-25)15-9-16(27)23-18(20)22-15/h1-3,8-9,13,17,21,24H,4-7,10-11H2,(H3,20,22,23,27). The molecule has 0 radical (unpaired) electrons. The average molecular weight is 373 g/mol. The van der Waals surface area contributed by atoms with E-state index in [1.165, 1.54) is 12.1 Å². The number of anilines is 2. The number of nitrogens with two attached hydrogens (primary N) is 1. The monoisotopic (exact) mass is 373 g/mol. The molecule has 144 valence electrons. The maximum Gasteiger partial charge on any atom is 0.254 e. The van der Waals surface area contributed by atoms with Gasteiger partial charge in [0.05, 0.1) is 6.04 Å². The van der Waals surface area contributed by atoms with Crippen molar-refractivity contribution in [1.82, 2.24) is 25.7 Å². The fourth-order valence-electron chi connectivity index (χ4n) is 3.88. The molecular weight excluding hydrogens is 349 g/mol. The maximum atomic E-state index is 13.6. The van der Waals surface area contributed by atoms with E-state index in [0.717, 1.165) is 44.8 Å². The number of rotatable bonds is 4. The summed E-state index contributed by atoms with van der Waals surface area (Å²) in [7, 11) is 0. The lowest BCUT2D eigenvalue weighted by Crippen LogP contribution is -2.49. The average Bonchev–Trinajstić information content (AvgIpc) is 3.10. The predicted octanol–water partition coefficient (Wildman–Crippen LogP) is 0.0785. The van der Waals surface area contributed by atoms with Crippen LogP contribution >= 0.6 is 0 Å². The Kier molecular flexibility index (Phi) is 5.06. The molecule has 2 fully saturated rings. The second kappa shape index (κ2) is 7.63. The number of aromatic nitrogens is 2. The van der Waals surface area contributed by atoms with Crippen molar-refractivity contribution in [2.24, 2.45) is 5.92 Å². The van der Waals surface area contributed by atoms with Crippen LogP contribution in [0.3, 0.4) is 0 Å². The van der Waals surface area contributed by atoms with Crippen molar-refractivity contribution in [3.05, 3.63) is 52.1 Å². The van der Waals surface area contributed by atoms with Gasteiger partial charge < -0.3 is 10.6 Å². The van der Waals surface area contributed by atoms with Crippen molar-refractivity contribution in [3.8, 4) is 0 Å². The number of hydrogen-bond acceptors (Lipinski definition) is 7. The molecule has 2 aliphatic heterocycles. The number of benzene rings is 1. The Morgan fingerprint density at radius 3 is 2.78 bits per heavy atom. The SMILES string of the molecule is Nc1nc(N2CCN(CC3CNNC3c3cccc(F)c3)CC2)cc(=O)[nH]1. The molecule has 2 aromatic rings. The van der Waals surface area contributed by atoms with Crippen LogP contribution in [0.15, 0.2) is 35.1 Å². The summed E-state index contributed by atoms with van der Waals surface area (Å²) in [6.07, 6.45) is 0. The number of nitrogen functional groups attached to an aromatic ring is 1. The summed E-state index contributed by atoms with van der Waals surface area (Å²) in [5.74, 6) is 0.906. The number of hydrazine groups is 1. The normalized spacial score (nSPS) is 23.7. The largest absolute Gasteiger partial charge is 0.369 e. The molecule has 2 unspecified atom stereocenters. The third-order valence-electron chi connectivity index (χ3n) is 5.24. The van der Waals surface area contributed by atoms with Gasteiger partial charge in [-0.25, -0.2) is 9.82 Å². The Labute approximate surface area is 156 Å². The molecule has 0 aliphatic carbocycles. The number of nitrogens with zero attached hydrogens (tertiary/aromatic N) is 3. The zero-order valence-electron chi connectivity index (χ0n) is 15.0. The van der Waals surface area contributed by atoms with Crippen LogP contribution in [0.5, 0.6) is 0 Å². The van der Waals surface area contributed by atoms with Gasteiger partial charge in [-0.1, -0.05) is 12.1 Å². The molecule has 3 heterocycles. The van der Waals surface area contributed by atoms with E-state index in [0.29, 0.717) is 11.7 Å². The van der Waals surface area contributed by atoms with E-state index in [-0.39, 0.29) is 23.4 Å². The summed E-state index contributed by atoms with van der Waals surface area (Å²) in [4.78, 5) is 22.8. The summed E-state index contributed by atoms with van der Waals surface area (Å²) >= 11 is 0. The van der Waals surface area contributed by atoms with Crippen LogP contribution < -0.4 is 27.0 Å². The highest BCUT2D eigenvalue weighted by atomic mass is 19.1. The minimum Gasteiger partial charge on any atom is -0.369 e. The van der Waals surface area contributed by atoms with Crippen LogP contribution in [-0.4, -0.2) is 54.1 Å². The van der Waals surface area contributed by atoms with Crippen LogP contribution in [0.25, 0.3) is 0 Å². The van der Waals surface area contributed by atoms with Gasteiger partial charge in [0.25, 0.3) is 5.56 Å². The van der Waals surface area contributed by atoms with Gasteiger partial charge in [-0.05, 0) is 17.7 Å². The molecule has 9 heteroatoms. The van der Waals surface area contributed by atoms with Gasteiger partial charge in [-0.2, -0.15) is 4.98 Å². The van der Waals surface area contributed by atoms with Gasteiger partial charge in [-0.15, -0.1) is 0 Å². The second-order valence-corrected chi connectivity index (χ2v) is 7.09. The van der Waals surface area contributed by atoms with E-state index in [9.17, 15) is 9.18 Å². The third kappa shape index (κ3) is 4.10. The van der Waals surface area contributed by atoms with Crippen molar-refractivity contribution >= 4 is 11.8 Å². The first-order valence-electron chi connectivity index (χ1n) is 9.16. The quantitative estimate of drug-likeness (QED) is 0.602. The Morgan fingerprint density at radius 1 is 1.22 bits per heavy atom. The predicted molar refractivity (Wildman–Crippen MR) is 102 cm³/mol. The molecule has 5 N–H and O–H groups in total. The lowest BCUT2D eigenvalue weighted by Gasteiger charge is -2.37. The van der Waals surface area contributed by atoms with E-state index >= 15 is 0 Å². The highest BCUT2D eigenvalue weighted by molar-refractivity contribution is 5.41. The molecule has 0 bridgehead atoms. The summed E-state index contributed by atoms with van der Waals surface area (Å²) in [6, 6.07) is 8.35. The van der Waals surface area contributed by atoms with Gasteiger partial charge in [0.1, 0.15) is 11.6 Å².